The Bertz CT molecular complexity index is 284. The molecule has 0 amide bonds. The highest BCUT2D eigenvalue weighted by molar-refractivity contribution is 9.10. The van der Waals surface area contributed by atoms with Crippen LogP contribution in [-0.4, -0.2) is 17.4 Å². The predicted molar refractivity (Wildman–Crippen MR) is 47.8 cm³/mol. The first-order valence-electron chi connectivity index (χ1n) is 3.38. The standard InChI is InChI=1S/C7H6BrF3OS/c8-4-1-2-13-5(4)3-6(12)7(9,10)11/h1-2,6,12H,3H2/t6-/m0/s1. The topological polar surface area (TPSA) is 20.2 Å². The van der Waals surface area contributed by atoms with Gasteiger partial charge in [-0.15, -0.1) is 11.3 Å². The summed E-state index contributed by atoms with van der Waals surface area (Å²) in [6, 6.07) is 1.66. The van der Waals surface area contributed by atoms with Gasteiger partial charge in [-0.05, 0) is 27.4 Å². The van der Waals surface area contributed by atoms with E-state index in [-0.39, 0.29) is 6.42 Å². The molecular weight excluding hydrogens is 269 g/mol. The van der Waals surface area contributed by atoms with Crippen molar-refractivity contribution in [3.8, 4) is 0 Å². The minimum atomic E-state index is -4.54. The Morgan fingerprint density at radius 1 is 1.54 bits per heavy atom. The van der Waals surface area contributed by atoms with E-state index in [1.54, 1.807) is 11.4 Å². The molecule has 0 saturated carbocycles. The molecule has 1 atom stereocenters. The smallest absolute Gasteiger partial charge is 0.383 e. The molecular formula is C7H6BrF3OS. The van der Waals surface area contributed by atoms with E-state index in [4.69, 9.17) is 5.11 Å². The average molecular weight is 275 g/mol. The summed E-state index contributed by atoms with van der Waals surface area (Å²) in [7, 11) is 0. The predicted octanol–water partition coefficient (Wildman–Crippen LogP) is 2.98. The van der Waals surface area contributed by atoms with E-state index in [9.17, 15) is 13.2 Å². The molecule has 13 heavy (non-hydrogen) atoms. The molecule has 1 nitrogen and oxygen atoms in total. The number of aliphatic hydroxyl groups excluding tert-OH is 1. The van der Waals surface area contributed by atoms with E-state index in [1.165, 1.54) is 11.3 Å². The Morgan fingerprint density at radius 3 is 2.54 bits per heavy atom. The maximum absolute atomic E-state index is 11.9. The SMILES string of the molecule is O[C@@H](Cc1sccc1Br)C(F)(F)F. The lowest BCUT2D eigenvalue weighted by Crippen LogP contribution is -2.30. The third-order valence-corrected chi connectivity index (χ3v) is 3.40. The number of thiophene rings is 1. The fraction of sp³-hybridized carbons (Fsp3) is 0.429. The van der Waals surface area contributed by atoms with Gasteiger partial charge in [0.05, 0.1) is 0 Å². The fourth-order valence-corrected chi connectivity index (χ4v) is 2.31. The molecule has 0 saturated heterocycles. The van der Waals surface area contributed by atoms with Crippen molar-refractivity contribution in [3.63, 3.8) is 0 Å². The number of hydrogen-bond acceptors (Lipinski definition) is 2. The second-order valence-corrected chi connectivity index (χ2v) is 4.31. The summed E-state index contributed by atoms with van der Waals surface area (Å²) in [6.07, 6.45) is -7.20. The van der Waals surface area contributed by atoms with Gasteiger partial charge >= 0.3 is 6.18 Å². The van der Waals surface area contributed by atoms with E-state index in [0.717, 1.165) is 0 Å². The minimum Gasteiger partial charge on any atom is -0.383 e. The van der Waals surface area contributed by atoms with Crippen LogP contribution in [0.15, 0.2) is 15.9 Å². The molecule has 1 N–H and O–H groups in total. The van der Waals surface area contributed by atoms with E-state index < -0.39 is 12.3 Å². The second kappa shape index (κ2) is 3.98. The lowest BCUT2D eigenvalue weighted by molar-refractivity contribution is -0.202. The molecule has 0 aliphatic heterocycles. The Hall–Kier alpha value is -0.0700. The van der Waals surface area contributed by atoms with Crippen LogP contribution in [-0.2, 0) is 6.42 Å². The first-order valence-corrected chi connectivity index (χ1v) is 5.05. The maximum Gasteiger partial charge on any atom is 0.414 e. The van der Waals surface area contributed by atoms with Crippen LogP contribution in [0.2, 0.25) is 0 Å². The normalized spacial score (nSPS) is 14.5. The van der Waals surface area contributed by atoms with Gasteiger partial charge in [0.1, 0.15) is 0 Å². The number of aliphatic hydroxyl groups is 1. The van der Waals surface area contributed by atoms with Crippen LogP contribution >= 0.6 is 27.3 Å². The quantitative estimate of drug-likeness (QED) is 0.879. The van der Waals surface area contributed by atoms with Crippen molar-refractivity contribution in [2.45, 2.75) is 18.7 Å². The molecule has 6 heteroatoms. The van der Waals surface area contributed by atoms with Crippen LogP contribution in [0.4, 0.5) is 13.2 Å². The zero-order chi connectivity index (χ0) is 10.1. The highest BCUT2D eigenvalue weighted by Crippen LogP contribution is 2.29. The Morgan fingerprint density at radius 2 is 2.15 bits per heavy atom. The van der Waals surface area contributed by atoms with Crippen LogP contribution in [0.25, 0.3) is 0 Å². The summed E-state index contributed by atoms with van der Waals surface area (Å²) in [6.45, 7) is 0. The van der Waals surface area contributed by atoms with Crippen molar-refractivity contribution in [1.82, 2.24) is 0 Å². The zero-order valence-corrected chi connectivity index (χ0v) is 8.71. The van der Waals surface area contributed by atoms with Gasteiger partial charge in [-0.3, -0.25) is 0 Å². The summed E-state index contributed by atoms with van der Waals surface area (Å²) in [4.78, 5) is 0.504. The summed E-state index contributed by atoms with van der Waals surface area (Å²) in [5.41, 5.74) is 0. The average Bonchev–Trinajstić information content (AvgIpc) is 2.34. The zero-order valence-electron chi connectivity index (χ0n) is 6.31. The van der Waals surface area contributed by atoms with Gasteiger partial charge in [0, 0.05) is 15.8 Å². The van der Waals surface area contributed by atoms with Gasteiger partial charge in [-0.2, -0.15) is 13.2 Å². The third-order valence-electron chi connectivity index (χ3n) is 1.45. The number of halogens is 4. The molecule has 1 rings (SSSR count). The van der Waals surface area contributed by atoms with Crippen LogP contribution in [0.5, 0.6) is 0 Å². The van der Waals surface area contributed by atoms with Gasteiger partial charge in [-0.1, -0.05) is 0 Å². The Balaban J connectivity index is 2.65. The van der Waals surface area contributed by atoms with Crippen molar-refractivity contribution in [2.24, 2.45) is 0 Å². The molecule has 0 radical (unpaired) electrons. The Labute approximate surface area is 85.3 Å². The molecule has 1 aromatic rings. The highest BCUT2D eigenvalue weighted by atomic mass is 79.9. The van der Waals surface area contributed by atoms with Crippen LogP contribution in [0.3, 0.4) is 0 Å². The largest absolute Gasteiger partial charge is 0.414 e. The van der Waals surface area contributed by atoms with Crippen molar-refractivity contribution in [1.29, 1.82) is 0 Å². The minimum absolute atomic E-state index is 0.387. The fourth-order valence-electron chi connectivity index (χ4n) is 0.762. The molecule has 0 fully saturated rings. The summed E-state index contributed by atoms with van der Waals surface area (Å²) in [5, 5.41) is 10.4. The van der Waals surface area contributed by atoms with Gasteiger partial charge in [0.25, 0.3) is 0 Å². The molecule has 0 bridgehead atoms. The van der Waals surface area contributed by atoms with Crippen molar-refractivity contribution < 1.29 is 18.3 Å². The monoisotopic (exact) mass is 274 g/mol. The number of alkyl halides is 3. The van der Waals surface area contributed by atoms with E-state index in [2.05, 4.69) is 15.9 Å². The van der Waals surface area contributed by atoms with Gasteiger partial charge in [-0.25, -0.2) is 0 Å². The van der Waals surface area contributed by atoms with Gasteiger partial charge in [0.15, 0.2) is 6.10 Å². The van der Waals surface area contributed by atoms with Crippen LogP contribution < -0.4 is 0 Å². The van der Waals surface area contributed by atoms with Crippen molar-refractivity contribution in [3.05, 3.63) is 20.8 Å². The van der Waals surface area contributed by atoms with Gasteiger partial charge < -0.3 is 5.11 Å². The molecule has 0 aliphatic rings. The molecule has 1 aromatic heterocycles. The molecule has 1 heterocycles. The second-order valence-electron chi connectivity index (χ2n) is 2.45. The highest BCUT2D eigenvalue weighted by Gasteiger charge is 2.38. The lowest BCUT2D eigenvalue weighted by Gasteiger charge is -2.13. The van der Waals surface area contributed by atoms with E-state index >= 15 is 0 Å². The maximum atomic E-state index is 11.9. The summed E-state index contributed by atoms with van der Waals surface area (Å²) >= 11 is 4.28. The van der Waals surface area contributed by atoms with E-state index in [1.807, 2.05) is 0 Å². The van der Waals surface area contributed by atoms with Gasteiger partial charge in [0.2, 0.25) is 0 Å². The van der Waals surface area contributed by atoms with Crippen molar-refractivity contribution in [2.75, 3.05) is 0 Å². The third kappa shape index (κ3) is 2.96. The van der Waals surface area contributed by atoms with E-state index in [0.29, 0.717) is 9.35 Å². The van der Waals surface area contributed by atoms with Crippen LogP contribution in [0.1, 0.15) is 4.88 Å². The number of hydrogen-bond donors (Lipinski definition) is 1. The molecule has 0 unspecified atom stereocenters. The molecule has 0 aromatic carbocycles. The first-order chi connectivity index (χ1) is 5.91. The number of rotatable bonds is 2. The molecule has 0 spiro atoms. The Kier molecular flexibility index (Phi) is 3.37. The molecule has 74 valence electrons. The summed E-state index contributed by atoms with van der Waals surface area (Å²) in [5.74, 6) is 0. The van der Waals surface area contributed by atoms with Crippen molar-refractivity contribution >= 4 is 27.3 Å². The summed E-state index contributed by atoms with van der Waals surface area (Å²) < 4.78 is 36.3. The lowest BCUT2D eigenvalue weighted by atomic mass is 10.2. The van der Waals surface area contributed by atoms with Crippen LogP contribution in [0, 0.1) is 0 Å². The molecule has 0 aliphatic carbocycles. The first kappa shape index (κ1) is 11.0.